The predicted octanol–water partition coefficient (Wildman–Crippen LogP) is 6.45. The van der Waals surface area contributed by atoms with E-state index in [4.69, 9.17) is 13.3 Å². The fourth-order valence-corrected chi connectivity index (χ4v) is 6.88. The minimum Gasteiger partial charge on any atom is -0.408 e. The van der Waals surface area contributed by atoms with Crippen LogP contribution in [0.5, 0.6) is 0 Å². The van der Waals surface area contributed by atoms with E-state index in [2.05, 4.69) is 102 Å². The highest BCUT2D eigenvalue weighted by Crippen LogP contribution is 2.45. The molecule has 0 fully saturated rings. The number of hydrogen-bond acceptors (Lipinski definition) is 5. The van der Waals surface area contributed by atoms with Crippen molar-refractivity contribution in [3.63, 3.8) is 0 Å². The van der Waals surface area contributed by atoms with E-state index in [1.165, 1.54) is 0 Å². The van der Waals surface area contributed by atoms with Crippen LogP contribution in [0, 0.1) is 0 Å². The average Bonchev–Trinajstić information content (AvgIpc) is 2.56. The summed E-state index contributed by atoms with van der Waals surface area (Å²) < 4.78 is 20.8. The van der Waals surface area contributed by atoms with E-state index in [1.807, 2.05) is 6.08 Å². The van der Waals surface area contributed by atoms with Crippen molar-refractivity contribution >= 4 is 25.0 Å². The third-order valence-corrected chi connectivity index (χ3v) is 22.0. The highest BCUT2D eigenvalue weighted by Gasteiger charge is 2.52. The zero-order valence-electron chi connectivity index (χ0n) is 24.2. The van der Waals surface area contributed by atoms with Crippen molar-refractivity contribution in [2.75, 3.05) is 6.61 Å². The summed E-state index contributed by atoms with van der Waals surface area (Å²) in [5.74, 6) is 0. The SMILES string of the molecule is CC(C)(C)[Si](C)(C)O[C@@H]1[C@@H](O[Si](C)(C)C(C)(C)C)[C@H](O[Si](C)(C)C(C)(C)C)C=C(CO)[C@H]1O. The lowest BCUT2D eigenvalue weighted by molar-refractivity contribution is -0.0785. The van der Waals surface area contributed by atoms with E-state index in [-0.39, 0.29) is 27.8 Å². The lowest BCUT2D eigenvalue weighted by Gasteiger charge is -2.51. The Morgan fingerprint density at radius 2 is 1.00 bits per heavy atom. The molecular formula is C25H54O5Si3. The molecule has 0 aromatic heterocycles. The van der Waals surface area contributed by atoms with Gasteiger partial charge >= 0.3 is 0 Å². The van der Waals surface area contributed by atoms with E-state index in [9.17, 15) is 10.2 Å². The molecule has 8 heteroatoms. The maximum Gasteiger partial charge on any atom is 0.193 e. The van der Waals surface area contributed by atoms with Gasteiger partial charge in [-0.1, -0.05) is 68.4 Å². The van der Waals surface area contributed by atoms with Crippen LogP contribution in [0.15, 0.2) is 11.6 Å². The van der Waals surface area contributed by atoms with Crippen LogP contribution in [0.4, 0.5) is 0 Å². The van der Waals surface area contributed by atoms with Gasteiger partial charge in [-0.15, -0.1) is 0 Å². The van der Waals surface area contributed by atoms with Crippen LogP contribution < -0.4 is 0 Å². The molecule has 0 aliphatic heterocycles. The zero-order chi connectivity index (χ0) is 26.4. The molecule has 1 aliphatic rings. The molecule has 2 N–H and O–H groups in total. The standard InChI is InChI=1S/C25H54O5Si3/c1-23(2,3)31(10,11)28-19-16-18(17-26)20(27)22(30-33(14,15)25(7,8)9)21(19)29-32(12,13)24(4,5)6/h16,19-22,26-27H,17H2,1-15H3/t19-,20-,21+,22+/m1/s1. The van der Waals surface area contributed by atoms with Gasteiger partial charge in [0.05, 0.1) is 12.7 Å². The molecular weight excluding hydrogens is 465 g/mol. The molecule has 5 nitrogen and oxygen atoms in total. The minimum absolute atomic E-state index is 0.00195. The van der Waals surface area contributed by atoms with Gasteiger partial charge < -0.3 is 23.5 Å². The van der Waals surface area contributed by atoms with E-state index in [0.717, 1.165) is 0 Å². The third-order valence-electron chi connectivity index (χ3n) is 8.61. The maximum atomic E-state index is 11.4. The van der Waals surface area contributed by atoms with Crippen molar-refractivity contribution in [1.29, 1.82) is 0 Å². The minimum atomic E-state index is -2.24. The second-order valence-electron chi connectivity index (χ2n) is 14.4. The number of rotatable bonds is 7. The molecule has 196 valence electrons. The second kappa shape index (κ2) is 9.92. The highest BCUT2D eigenvalue weighted by molar-refractivity contribution is 6.75. The van der Waals surface area contributed by atoms with Gasteiger partial charge in [-0.05, 0) is 60.0 Å². The average molecular weight is 519 g/mol. The molecule has 33 heavy (non-hydrogen) atoms. The monoisotopic (exact) mass is 518 g/mol. The third kappa shape index (κ3) is 7.12. The first-order chi connectivity index (χ1) is 14.4. The smallest absolute Gasteiger partial charge is 0.193 e. The molecule has 0 amide bonds. The van der Waals surface area contributed by atoms with Gasteiger partial charge in [-0.2, -0.15) is 0 Å². The molecule has 1 rings (SSSR count). The molecule has 0 unspecified atom stereocenters. The summed E-state index contributed by atoms with van der Waals surface area (Å²) in [4.78, 5) is 0. The Morgan fingerprint density at radius 1 is 0.667 bits per heavy atom. The Hall–Kier alpha value is 0.191. The van der Waals surface area contributed by atoms with Crippen molar-refractivity contribution in [3.05, 3.63) is 11.6 Å². The fraction of sp³-hybridized carbons (Fsp3) is 0.920. The summed E-state index contributed by atoms with van der Waals surface area (Å²) in [7, 11) is -6.62. The number of aliphatic hydroxyl groups excluding tert-OH is 2. The van der Waals surface area contributed by atoms with Crippen LogP contribution in [0.25, 0.3) is 0 Å². The molecule has 0 aromatic carbocycles. The van der Waals surface area contributed by atoms with Crippen LogP contribution in [-0.4, -0.2) is 66.2 Å². The summed E-state index contributed by atoms with van der Waals surface area (Å²) >= 11 is 0. The first-order valence-corrected chi connectivity index (χ1v) is 21.1. The Labute approximate surface area is 207 Å². The zero-order valence-corrected chi connectivity index (χ0v) is 27.2. The van der Waals surface area contributed by atoms with Gasteiger partial charge in [0.1, 0.15) is 18.3 Å². The van der Waals surface area contributed by atoms with Crippen LogP contribution in [-0.2, 0) is 13.3 Å². The van der Waals surface area contributed by atoms with E-state index in [0.29, 0.717) is 5.57 Å². The van der Waals surface area contributed by atoms with Crippen molar-refractivity contribution in [2.45, 2.75) is 141 Å². The van der Waals surface area contributed by atoms with Gasteiger partial charge in [0.25, 0.3) is 0 Å². The second-order valence-corrected chi connectivity index (χ2v) is 28.6. The van der Waals surface area contributed by atoms with Crippen molar-refractivity contribution < 1.29 is 23.5 Å². The van der Waals surface area contributed by atoms with Gasteiger partial charge in [-0.3, -0.25) is 0 Å². The van der Waals surface area contributed by atoms with Crippen molar-refractivity contribution in [3.8, 4) is 0 Å². The molecule has 0 aromatic rings. The summed E-state index contributed by atoms with van der Waals surface area (Å²) in [6.45, 7) is 33.0. The van der Waals surface area contributed by atoms with E-state index < -0.39 is 43.3 Å². The molecule has 4 atom stereocenters. The molecule has 0 heterocycles. The topological polar surface area (TPSA) is 68.2 Å². The van der Waals surface area contributed by atoms with Crippen molar-refractivity contribution in [1.82, 2.24) is 0 Å². The van der Waals surface area contributed by atoms with Gasteiger partial charge in [-0.25, -0.2) is 0 Å². The van der Waals surface area contributed by atoms with E-state index >= 15 is 0 Å². The Balaban J connectivity index is 3.63. The lowest BCUT2D eigenvalue weighted by Crippen LogP contribution is -2.62. The Kier molecular flexibility index (Phi) is 9.38. The largest absolute Gasteiger partial charge is 0.408 e. The maximum absolute atomic E-state index is 11.4. The van der Waals surface area contributed by atoms with Gasteiger partial charge in [0.15, 0.2) is 25.0 Å². The molecule has 0 bridgehead atoms. The predicted molar refractivity (Wildman–Crippen MR) is 147 cm³/mol. The first-order valence-electron chi connectivity index (χ1n) is 12.4. The van der Waals surface area contributed by atoms with Gasteiger partial charge in [0, 0.05) is 0 Å². The van der Waals surface area contributed by atoms with Gasteiger partial charge in [0.2, 0.25) is 0 Å². The van der Waals surface area contributed by atoms with E-state index in [1.54, 1.807) is 0 Å². The van der Waals surface area contributed by atoms with Crippen LogP contribution in [0.3, 0.4) is 0 Å². The summed E-state index contributed by atoms with van der Waals surface area (Å²) in [5, 5.41) is 21.5. The first kappa shape index (κ1) is 31.2. The fourth-order valence-electron chi connectivity index (χ4n) is 3.05. The molecule has 0 saturated carbocycles. The quantitative estimate of drug-likeness (QED) is 0.299. The summed E-state index contributed by atoms with van der Waals surface area (Å²) in [5.41, 5.74) is 0.567. The van der Waals surface area contributed by atoms with Crippen molar-refractivity contribution in [2.24, 2.45) is 0 Å². The summed E-state index contributed by atoms with van der Waals surface area (Å²) in [6, 6.07) is 0. The molecule has 1 aliphatic carbocycles. The van der Waals surface area contributed by atoms with Crippen LogP contribution in [0.1, 0.15) is 62.3 Å². The lowest BCUT2D eigenvalue weighted by atomic mass is 9.90. The number of aliphatic hydroxyl groups is 2. The van der Waals surface area contributed by atoms with Crippen LogP contribution in [0.2, 0.25) is 54.4 Å². The normalized spacial score (nSPS) is 26.4. The Morgan fingerprint density at radius 3 is 1.33 bits per heavy atom. The molecule has 0 radical (unpaired) electrons. The summed E-state index contributed by atoms with van der Waals surface area (Å²) in [6.07, 6.45) is -0.394. The van der Waals surface area contributed by atoms with Crippen LogP contribution >= 0.6 is 0 Å². The Bertz CT molecular complexity index is 696. The molecule has 0 saturated heterocycles. The number of hydrogen-bond donors (Lipinski definition) is 2. The molecule has 0 spiro atoms. The highest BCUT2D eigenvalue weighted by atomic mass is 28.4.